The first-order valence-electron chi connectivity index (χ1n) is 8.11. The molecule has 0 aliphatic heterocycles. The highest BCUT2D eigenvalue weighted by atomic mass is 35.5. The molecule has 27 heavy (non-hydrogen) atoms. The van der Waals surface area contributed by atoms with Gasteiger partial charge in [-0.15, -0.1) is 0 Å². The van der Waals surface area contributed by atoms with E-state index in [1.165, 1.54) is 18.3 Å². The van der Waals surface area contributed by atoms with E-state index in [1.54, 1.807) is 18.2 Å². The number of hydrogen-bond donors (Lipinski definition) is 1. The number of nitrogens with zero attached hydrogens (tertiary/aromatic N) is 1. The predicted octanol–water partition coefficient (Wildman–Crippen LogP) is 4.34. The Hall–Kier alpha value is -2.76. The zero-order valence-electron chi connectivity index (χ0n) is 14.4. The quantitative estimate of drug-likeness (QED) is 0.689. The summed E-state index contributed by atoms with van der Waals surface area (Å²) in [6.45, 7) is 2.18. The molecule has 7 heteroatoms. The Morgan fingerprint density at radius 3 is 2.67 bits per heavy atom. The second kappa shape index (κ2) is 8.29. The second-order valence-electron chi connectivity index (χ2n) is 5.89. The molecule has 0 radical (unpaired) electrons. The number of nitrogens with one attached hydrogen (secondary N) is 1. The number of carbonyl (C=O) groups is 1. The molecule has 2 aromatic carbocycles. The molecule has 138 valence electrons. The highest BCUT2D eigenvalue weighted by Gasteiger charge is 2.14. The van der Waals surface area contributed by atoms with Crippen molar-refractivity contribution in [2.45, 2.75) is 13.5 Å². The molecule has 0 saturated heterocycles. The Bertz CT molecular complexity index is 1050. The minimum Gasteiger partial charge on any atom is -0.406 e. The van der Waals surface area contributed by atoms with E-state index in [0.717, 1.165) is 15.9 Å². The van der Waals surface area contributed by atoms with Gasteiger partial charge in [0, 0.05) is 11.2 Å². The summed E-state index contributed by atoms with van der Waals surface area (Å²) in [5.74, 6) is -0.585. The predicted molar refractivity (Wildman–Crippen MR) is 107 cm³/mol. The number of anilines is 1. The lowest BCUT2D eigenvalue weighted by Crippen LogP contribution is -2.32. The van der Waals surface area contributed by atoms with Gasteiger partial charge in [0.1, 0.15) is 12.2 Å². The van der Waals surface area contributed by atoms with Crippen molar-refractivity contribution in [3.63, 3.8) is 0 Å². The summed E-state index contributed by atoms with van der Waals surface area (Å²) < 4.78 is 1.04. The van der Waals surface area contributed by atoms with Crippen LogP contribution >= 0.6 is 23.2 Å². The molecular weight excluding hydrogens is 387 g/mol. The van der Waals surface area contributed by atoms with Crippen LogP contribution in [0.2, 0.25) is 10.0 Å². The zero-order chi connectivity index (χ0) is 19.4. The molecule has 0 fully saturated rings. The van der Waals surface area contributed by atoms with Gasteiger partial charge in [0.15, 0.2) is 0 Å². The first kappa shape index (κ1) is 19.0. The topological polar surface area (TPSA) is 60.3 Å². The van der Waals surface area contributed by atoms with Crippen molar-refractivity contribution in [1.29, 1.82) is 0 Å². The van der Waals surface area contributed by atoms with Gasteiger partial charge >= 0.3 is 0 Å². The lowest BCUT2D eigenvalue weighted by atomic mass is 10.1. The number of benzene rings is 2. The summed E-state index contributed by atoms with van der Waals surface area (Å²) in [5.41, 5.74) is 1.75. The molecule has 3 aromatic rings. The molecule has 1 amide bonds. The number of halogens is 2. The fourth-order valence-corrected chi connectivity index (χ4v) is 2.93. The van der Waals surface area contributed by atoms with Crippen LogP contribution in [0.1, 0.15) is 21.5 Å². The van der Waals surface area contributed by atoms with Gasteiger partial charge in [-0.2, -0.15) is 4.73 Å². The first-order valence-corrected chi connectivity index (χ1v) is 8.86. The monoisotopic (exact) mass is 402 g/mol. The molecule has 5 nitrogen and oxygen atoms in total. The minimum atomic E-state index is -0.585. The molecule has 1 heterocycles. The van der Waals surface area contributed by atoms with Gasteiger partial charge in [-0.1, -0.05) is 53.0 Å². The maximum Gasteiger partial charge on any atom is 0.295 e. The van der Waals surface area contributed by atoms with E-state index in [4.69, 9.17) is 28.0 Å². The first-order chi connectivity index (χ1) is 12.9. The van der Waals surface area contributed by atoms with Crippen molar-refractivity contribution < 1.29 is 9.63 Å². The highest BCUT2D eigenvalue weighted by molar-refractivity contribution is 6.36. The van der Waals surface area contributed by atoms with Gasteiger partial charge in [-0.25, -0.2) is 0 Å². The van der Waals surface area contributed by atoms with Gasteiger partial charge in [-0.3, -0.25) is 9.59 Å². The van der Waals surface area contributed by atoms with Gasteiger partial charge in [0.25, 0.3) is 11.5 Å². The van der Waals surface area contributed by atoms with E-state index in [1.807, 2.05) is 31.2 Å². The van der Waals surface area contributed by atoms with Crippen LogP contribution in [0.25, 0.3) is 0 Å². The smallest absolute Gasteiger partial charge is 0.295 e. The van der Waals surface area contributed by atoms with Gasteiger partial charge in [-0.05, 0) is 42.8 Å². The summed E-state index contributed by atoms with van der Waals surface area (Å²) in [4.78, 5) is 30.6. The molecule has 0 bridgehead atoms. The van der Waals surface area contributed by atoms with Crippen molar-refractivity contribution in [2.75, 3.05) is 5.32 Å². The molecule has 3 rings (SSSR count). The lowest BCUT2D eigenvalue weighted by Gasteiger charge is -2.11. The van der Waals surface area contributed by atoms with Crippen molar-refractivity contribution in [2.24, 2.45) is 0 Å². The third-order valence-corrected chi connectivity index (χ3v) is 4.34. The van der Waals surface area contributed by atoms with E-state index in [-0.39, 0.29) is 17.2 Å². The van der Waals surface area contributed by atoms with Crippen molar-refractivity contribution >= 4 is 34.8 Å². The van der Waals surface area contributed by atoms with Gasteiger partial charge < -0.3 is 10.2 Å². The third-order valence-electron chi connectivity index (χ3n) is 3.79. The summed E-state index contributed by atoms with van der Waals surface area (Å²) in [6, 6.07) is 15.4. The average molecular weight is 403 g/mol. The maximum atomic E-state index is 12.6. The van der Waals surface area contributed by atoms with E-state index in [9.17, 15) is 9.59 Å². The SMILES string of the molecule is Cc1cccc(COn2cccc(C(=O)Nc3ccc(Cl)cc3Cl)c2=O)c1. The van der Waals surface area contributed by atoms with Crippen LogP contribution < -0.4 is 15.7 Å². The number of aryl methyl sites for hydroxylation is 1. The van der Waals surface area contributed by atoms with Crippen LogP contribution in [0.3, 0.4) is 0 Å². The Kier molecular flexibility index (Phi) is 5.84. The fraction of sp³-hybridized carbons (Fsp3) is 0.100. The molecule has 0 aliphatic rings. The molecule has 1 aromatic heterocycles. The standard InChI is InChI=1S/C20H16Cl2N2O3/c1-13-4-2-5-14(10-13)12-27-24-9-3-6-16(20(24)26)19(25)23-18-8-7-15(21)11-17(18)22/h2-11H,12H2,1H3,(H,23,25). The molecule has 0 unspecified atom stereocenters. The van der Waals surface area contributed by atoms with Crippen LogP contribution in [0.5, 0.6) is 0 Å². The number of carbonyl (C=O) groups excluding carboxylic acids is 1. The highest BCUT2D eigenvalue weighted by Crippen LogP contribution is 2.25. The Morgan fingerprint density at radius 2 is 1.93 bits per heavy atom. The van der Waals surface area contributed by atoms with Gasteiger partial charge in [0.05, 0.1) is 10.7 Å². The number of amides is 1. The van der Waals surface area contributed by atoms with E-state index >= 15 is 0 Å². The Balaban J connectivity index is 1.77. The summed E-state index contributed by atoms with van der Waals surface area (Å²) >= 11 is 11.9. The lowest BCUT2D eigenvalue weighted by molar-refractivity contribution is 0.0863. The van der Waals surface area contributed by atoms with Gasteiger partial charge in [0.2, 0.25) is 0 Å². The minimum absolute atomic E-state index is 0.0623. The zero-order valence-corrected chi connectivity index (χ0v) is 15.9. The van der Waals surface area contributed by atoms with E-state index < -0.39 is 11.5 Å². The van der Waals surface area contributed by atoms with Crippen LogP contribution in [-0.4, -0.2) is 10.6 Å². The number of hydrogen-bond acceptors (Lipinski definition) is 3. The van der Waals surface area contributed by atoms with Crippen molar-refractivity contribution in [1.82, 2.24) is 4.73 Å². The summed E-state index contributed by atoms with van der Waals surface area (Å²) in [5, 5.41) is 3.33. The molecule has 0 atom stereocenters. The summed E-state index contributed by atoms with van der Waals surface area (Å²) in [7, 11) is 0. The van der Waals surface area contributed by atoms with Crippen LogP contribution in [0, 0.1) is 6.92 Å². The second-order valence-corrected chi connectivity index (χ2v) is 6.74. The number of pyridine rings is 1. The fourth-order valence-electron chi connectivity index (χ4n) is 2.48. The molecule has 0 saturated carbocycles. The Labute approximate surface area is 166 Å². The van der Waals surface area contributed by atoms with E-state index in [0.29, 0.717) is 10.7 Å². The molecular formula is C20H16Cl2N2O3. The van der Waals surface area contributed by atoms with Crippen molar-refractivity contribution in [3.05, 3.63) is 97.9 Å². The normalized spacial score (nSPS) is 10.5. The number of aromatic nitrogens is 1. The van der Waals surface area contributed by atoms with Crippen molar-refractivity contribution in [3.8, 4) is 0 Å². The summed E-state index contributed by atoms with van der Waals surface area (Å²) in [6.07, 6.45) is 1.46. The molecule has 0 aliphatic carbocycles. The Morgan fingerprint density at radius 1 is 1.11 bits per heavy atom. The van der Waals surface area contributed by atoms with Crippen LogP contribution in [-0.2, 0) is 6.61 Å². The van der Waals surface area contributed by atoms with E-state index in [2.05, 4.69) is 5.32 Å². The number of rotatable bonds is 5. The van der Waals surface area contributed by atoms with Crippen LogP contribution in [0.4, 0.5) is 5.69 Å². The largest absolute Gasteiger partial charge is 0.406 e. The molecule has 0 spiro atoms. The molecule has 1 N–H and O–H groups in total. The maximum absolute atomic E-state index is 12.6. The third kappa shape index (κ3) is 4.70. The van der Waals surface area contributed by atoms with Crippen LogP contribution in [0.15, 0.2) is 65.6 Å². The average Bonchev–Trinajstić information content (AvgIpc) is 2.63.